The number of amides is 1. The van der Waals surface area contributed by atoms with Crippen molar-refractivity contribution in [3.05, 3.63) is 0 Å². The Bertz CT molecular complexity index is 290. The highest BCUT2D eigenvalue weighted by Gasteiger charge is 2.25. The fourth-order valence-electron chi connectivity index (χ4n) is 2.92. The van der Waals surface area contributed by atoms with Crippen molar-refractivity contribution in [2.75, 3.05) is 32.8 Å². The third kappa shape index (κ3) is 4.46. The highest BCUT2D eigenvalue weighted by atomic mass is 16.5. The highest BCUT2D eigenvalue weighted by molar-refractivity contribution is 5.76. The molecule has 2 saturated heterocycles. The number of nitrogens with one attached hydrogen (secondary N) is 1. The van der Waals surface area contributed by atoms with Gasteiger partial charge in [-0.2, -0.15) is 0 Å². The molecule has 2 aliphatic heterocycles. The lowest BCUT2D eigenvalue weighted by atomic mass is 9.88. The Balaban J connectivity index is 1.63. The molecule has 2 aliphatic rings. The second-order valence-corrected chi connectivity index (χ2v) is 6.15. The number of carbonyl (C=O) groups excluding carboxylic acids is 1. The summed E-state index contributed by atoms with van der Waals surface area (Å²) in [6.45, 7) is 9.05. The van der Waals surface area contributed by atoms with Crippen LogP contribution in [0.1, 0.15) is 39.5 Å². The molecule has 4 nitrogen and oxygen atoms in total. The second-order valence-electron chi connectivity index (χ2n) is 6.15. The van der Waals surface area contributed by atoms with Crippen LogP contribution < -0.4 is 5.32 Å². The Morgan fingerprint density at radius 1 is 1.21 bits per heavy atom. The Morgan fingerprint density at radius 3 is 2.63 bits per heavy atom. The summed E-state index contributed by atoms with van der Waals surface area (Å²) in [5.74, 6) is 1.64. The van der Waals surface area contributed by atoms with E-state index in [1.54, 1.807) is 0 Å². The summed E-state index contributed by atoms with van der Waals surface area (Å²) in [4.78, 5) is 14.1. The first-order chi connectivity index (χ1) is 9.16. The van der Waals surface area contributed by atoms with Crippen LogP contribution >= 0.6 is 0 Å². The van der Waals surface area contributed by atoms with Gasteiger partial charge in [0.15, 0.2) is 0 Å². The maximum atomic E-state index is 12.1. The summed E-state index contributed by atoms with van der Waals surface area (Å²) < 4.78 is 5.80. The smallest absolute Gasteiger partial charge is 0.224 e. The maximum absolute atomic E-state index is 12.1. The van der Waals surface area contributed by atoms with Crippen molar-refractivity contribution in [1.29, 1.82) is 0 Å². The van der Waals surface area contributed by atoms with Crippen LogP contribution in [-0.2, 0) is 9.53 Å². The number of likely N-dealkylation sites (tertiary alicyclic amines) is 1. The Hall–Kier alpha value is -0.610. The third-order valence-corrected chi connectivity index (χ3v) is 4.64. The van der Waals surface area contributed by atoms with E-state index in [9.17, 15) is 4.79 Å². The van der Waals surface area contributed by atoms with Crippen LogP contribution in [0.4, 0.5) is 0 Å². The molecule has 1 N–H and O–H groups in total. The minimum Gasteiger partial charge on any atom is -0.378 e. The average Bonchev–Trinajstić information content (AvgIpc) is 2.43. The van der Waals surface area contributed by atoms with E-state index in [-0.39, 0.29) is 5.91 Å². The average molecular weight is 268 g/mol. The fourth-order valence-corrected chi connectivity index (χ4v) is 2.92. The van der Waals surface area contributed by atoms with Crippen LogP contribution in [0.5, 0.6) is 0 Å². The molecule has 2 atom stereocenters. The molecule has 0 bridgehead atoms. The van der Waals surface area contributed by atoms with Crippen molar-refractivity contribution in [3.8, 4) is 0 Å². The molecule has 0 saturated carbocycles. The van der Waals surface area contributed by atoms with Crippen molar-refractivity contribution >= 4 is 5.91 Å². The molecular weight excluding hydrogens is 240 g/mol. The van der Waals surface area contributed by atoms with Gasteiger partial charge in [-0.1, -0.05) is 13.8 Å². The predicted octanol–water partition coefficient (Wildman–Crippen LogP) is 1.65. The number of nitrogens with zero attached hydrogens (tertiary/aromatic N) is 1. The molecule has 2 unspecified atom stereocenters. The van der Waals surface area contributed by atoms with Gasteiger partial charge < -0.3 is 15.0 Å². The molecule has 110 valence electrons. The highest BCUT2D eigenvalue weighted by Crippen LogP contribution is 2.22. The van der Waals surface area contributed by atoms with E-state index in [0.717, 1.165) is 51.4 Å². The lowest BCUT2D eigenvalue weighted by Crippen LogP contribution is -2.42. The van der Waals surface area contributed by atoms with Crippen LogP contribution in [0.25, 0.3) is 0 Å². The SMILES string of the molecule is CC1CCN(C(=O)CCOC2CCNCC2)CC1C. The molecule has 19 heavy (non-hydrogen) atoms. The van der Waals surface area contributed by atoms with E-state index < -0.39 is 0 Å². The Kier molecular flexibility index (Phi) is 5.64. The van der Waals surface area contributed by atoms with Gasteiger partial charge in [-0.15, -0.1) is 0 Å². The number of piperidine rings is 2. The van der Waals surface area contributed by atoms with Gasteiger partial charge >= 0.3 is 0 Å². The largest absolute Gasteiger partial charge is 0.378 e. The number of ether oxygens (including phenoxy) is 1. The van der Waals surface area contributed by atoms with Gasteiger partial charge in [0.1, 0.15) is 0 Å². The summed E-state index contributed by atoms with van der Waals surface area (Å²) in [5.41, 5.74) is 0. The quantitative estimate of drug-likeness (QED) is 0.843. The van der Waals surface area contributed by atoms with E-state index in [0.29, 0.717) is 25.0 Å². The normalized spacial score (nSPS) is 29.5. The second kappa shape index (κ2) is 7.25. The van der Waals surface area contributed by atoms with E-state index in [1.807, 2.05) is 4.90 Å². The Labute approximate surface area is 116 Å². The van der Waals surface area contributed by atoms with E-state index in [4.69, 9.17) is 4.74 Å². The molecule has 0 aliphatic carbocycles. The number of hydrogen-bond donors (Lipinski definition) is 1. The van der Waals surface area contributed by atoms with Crippen LogP contribution in [0.15, 0.2) is 0 Å². The van der Waals surface area contributed by atoms with Gasteiger partial charge in [-0.3, -0.25) is 4.79 Å². The molecule has 2 heterocycles. The monoisotopic (exact) mass is 268 g/mol. The summed E-state index contributed by atoms with van der Waals surface area (Å²) in [7, 11) is 0. The van der Waals surface area contributed by atoms with Gasteiger partial charge in [-0.05, 0) is 44.2 Å². The van der Waals surface area contributed by atoms with Crippen molar-refractivity contribution in [2.24, 2.45) is 11.8 Å². The van der Waals surface area contributed by atoms with Gasteiger partial charge in [0.05, 0.1) is 19.1 Å². The summed E-state index contributed by atoms with van der Waals surface area (Å²) in [6.07, 6.45) is 4.20. The van der Waals surface area contributed by atoms with Gasteiger partial charge in [0.25, 0.3) is 0 Å². The number of carbonyl (C=O) groups is 1. The molecule has 1 amide bonds. The fraction of sp³-hybridized carbons (Fsp3) is 0.933. The van der Waals surface area contributed by atoms with Crippen LogP contribution in [0, 0.1) is 11.8 Å². The van der Waals surface area contributed by atoms with E-state index >= 15 is 0 Å². The van der Waals surface area contributed by atoms with Crippen molar-refractivity contribution < 1.29 is 9.53 Å². The minimum absolute atomic E-state index is 0.271. The third-order valence-electron chi connectivity index (χ3n) is 4.64. The van der Waals surface area contributed by atoms with Crippen LogP contribution in [0.3, 0.4) is 0 Å². The standard InChI is InChI=1S/C15H28N2O2/c1-12-5-9-17(11-13(12)2)15(18)6-10-19-14-3-7-16-8-4-14/h12-14,16H,3-11H2,1-2H3. The molecule has 0 aromatic carbocycles. The van der Waals surface area contributed by atoms with Crippen LogP contribution in [-0.4, -0.2) is 49.7 Å². The lowest BCUT2D eigenvalue weighted by Gasteiger charge is -2.35. The molecule has 0 spiro atoms. The number of rotatable bonds is 4. The zero-order chi connectivity index (χ0) is 13.7. The molecule has 2 rings (SSSR count). The summed E-state index contributed by atoms with van der Waals surface area (Å²) in [5, 5.41) is 3.32. The van der Waals surface area contributed by atoms with E-state index in [1.165, 1.54) is 0 Å². The van der Waals surface area contributed by atoms with Crippen molar-refractivity contribution in [1.82, 2.24) is 10.2 Å². The summed E-state index contributed by atoms with van der Waals surface area (Å²) >= 11 is 0. The topological polar surface area (TPSA) is 41.6 Å². The molecule has 0 aromatic heterocycles. The first kappa shape index (κ1) is 14.8. The molecule has 2 fully saturated rings. The van der Waals surface area contributed by atoms with Crippen molar-refractivity contribution in [3.63, 3.8) is 0 Å². The van der Waals surface area contributed by atoms with Gasteiger partial charge in [0.2, 0.25) is 5.91 Å². The van der Waals surface area contributed by atoms with Crippen LogP contribution in [0.2, 0.25) is 0 Å². The number of hydrogen-bond acceptors (Lipinski definition) is 3. The van der Waals surface area contributed by atoms with E-state index in [2.05, 4.69) is 19.2 Å². The zero-order valence-electron chi connectivity index (χ0n) is 12.4. The lowest BCUT2D eigenvalue weighted by molar-refractivity contribution is -0.135. The Morgan fingerprint density at radius 2 is 1.95 bits per heavy atom. The zero-order valence-corrected chi connectivity index (χ0v) is 12.4. The minimum atomic E-state index is 0.271. The first-order valence-corrected chi connectivity index (χ1v) is 7.77. The molecule has 0 aromatic rings. The van der Waals surface area contributed by atoms with Crippen molar-refractivity contribution in [2.45, 2.75) is 45.6 Å². The summed E-state index contributed by atoms with van der Waals surface area (Å²) in [6, 6.07) is 0. The van der Waals surface area contributed by atoms with Gasteiger partial charge in [0, 0.05) is 13.1 Å². The molecule has 0 radical (unpaired) electrons. The molecule has 4 heteroatoms. The predicted molar refractivity (Wildman–Crippen MR) is 76.0 cm³/mol. The first-order valence-electron chi connectivity index (χ1n) is 7.77. The molecular formula is C15H28N2O2. The maximum Gasteiger partial charge on any atom is 0.224 e. The van der Waals surface area contributed by atoms with Gasteiger partial charge in [-0.25, -0.2) is 0 Å².